The van der Waals surface area contributed by atoms with Gasteiger partial charge in [-0.15, -0.1) is 0 Å². The van der Waals surface area contributed by atoms with Crippen LogP contribution in [-0.4, -0.2) is 10.9 Å². The molecule has 5 nitrogen and oxygen atoms in total. The number of carbonyl (C=O) groups is 1. The third-order valence-corrected chi connectivity index (χ3v) is 5.89. The number of cyclic esters (lactones) is 1. The van der Waals surface area contributed by atoms with Crippen molar-refractivity contribution in [2.24, 2.45) is 0 Å². The van der Waals surface area contributed by atoms with Crippen molar-refractivity contribution in [3.8, 4) is 0 Å². The lowest BCUT2D eigenvalue weighted by Crippen LogP contribution is -2.30. The number of nitrogens with zero attached hydrogens (tertiary/aromatic N) is 1. The fraction of sp³-hybridized carbons (Fsp3) is 0.208. The molecule has 0 fully saturated rings. The second-order valence-electron chi connectivity index (χ2n) is 7.66. The van der Waals surface area contributed by atoms with Crippen molar-refractivity contribution in [2.45, 2.75) is 33.3 Å². The lowest BCUT2D eigenvalue weighted by molar-refractivity contribution is -0.384. The number of rotatable bonds is 3. The summed E-state index contributed by atoms with van der Waals surface area (Å²) in [6.45, 7) is 8.08. The molecule has 1 aliphatic heterocycles. The Morgan fingerprint density at radius 2 is 1.34 bits per heavy atom. The minimum Gasteiger partial charge on any atom is -0.441 e. The summed E-state index contributed by atoms with van der Waals surface area (Å²) in [4.78, 5) is 23.6. The summed E-state index contributed by atoms with van der Waals surface area (Å²) in [5, 5.41) is 11.2. The molecule has 4 rings (SSSR count). The van der Waals surface area contributed by atoms with Gasteiger partial charge in [0, 0.05) is 28.8 Å². The molecule has 0 radical (unpaired) electrons. The molecule has 0 aliphatic carbocycles. The van der Waals surface area contributed by atoms with Crippen molar-refractivity contribution in [3.05, 3.63) is 109 Å². The van der Waals surface area contributed by atoms with Crippen molar-refractivity contribution in [3.63, 3.8) is 0 Å². The molecule has 29 heavy (non-hydrogen) atoms. The molecule has 1 heterocycles. The Morgan fingerprint density at radius 3 is 1.83 bits per heavy atom. The monoisotopic (exact) mass is 387 g/mol. The SMILES string of the molecule is Cc1ccc(C2(c3ccc(C)c(C)c3)OC(=O)c3cc([N+](=O)[O-])ccc32)cc1C. The highest BCUT2D eigenvalue weighted by Crippen LogP contribution is 2.48. The first-order valence-corrected chi connectivity index (χ1v) is 9.42. The van der Waals surface area contributed by atoms with E-state index >= 15 is 0 Å². The zero-order chi connectivity index (χ0) is 20.9. The maximum Gasteiger partial charge on any atom is 0.340 e. The Bertz CT molecular complexity index is 1130. The summed E-state index contributed by atoms with van der Waals surface area (Å²) in [6, 6.07) is 16.3. The van der Waals surface area contributed by atoms with Gasteiger partial charge < -0.3 is 4.74 Å². The number of benzene rings is 3. The second-order valence-corrected chi connectivity index (χ2v) is 7.66. The lowest BCUT2D eigenvalue weighted by atomic mass is 9.78. The lowest BCUT2D eigenvalue weighted by Gasteiger charge is -2.31. The maximum atomic E-state index is 12.9. The molecule has 0 aromatic heterocycles. The third kappa shape index (κ3) is 2.81. The summed E-state index contributed by atoms with van der Waals surface area (Å²) < 4.78 is 6.05. The van der Waals surface area contributed by atoms with Crippen LogP contribution in [0.15, 0.2) is 54.6 Å². The molecule has 0 spiro atoms. The van der Waals surface area contributed by atoms with Gasteiger partial charge in [0.05, 0.1) is 10.5 Å². The highest BCUT2D eigenvalue weighted by molar-refractivity contribution is 5.97. The van der Waals surface area contributed by atoms with E-state index in [1.165, 1.54) is 12.1 Å². The molecule has 146 valence electrons. The van der Waals surface area contributed by atoms with Gasteiger partial charge in [0.2, 0.25) is 0 Å². The van der Waals surface area contributed by atoms with E-state index < -0.39 is 16.5 Å². The number of hydrogen-bond acceptors (Lipinski definition) is 4. The van der Waals surface area contributed by atoms with E-state index in [4.69, 9.17) is 4.74 Å². The van der Waals surface area contributed by atoms with E-state index in [0.29, 0.717) is 5.56 Å². The van der Waals surface area contributed by atoms with E-state index in [9.17, 15) is 14.9 Å². The highest BCUT2D eigenvalue weighted by atomic mass is 16.6. The minimum atomic E-state index is -1.14. The summed E-state index contributed by atoms with van der Waals surface area (Å²) in [6.07, 6.45) is 0. The van der Waals surface area contributed by atoms with E-state index in [1.807, 2.05) is 64.1 Å². The molecular weight excluding hydrogens is 366 g/mol. The van der Waals surface area contributed by atoms with Crippen molar-refractivity contribution < 1.29 is 14.5 Å². The predicted molar refractivity (Wildman–Crippen MR) is 110 cm³/mol. The standard InChI is InChI=1S/C24H21NO4/c1-14-5-7-18(11-16(14)3)24(19-8-6-15(2)17(4)12-19)22-10-9-20(25(27)28)13-21(22)23(26)29-24/h5-13H,1-4H3. The molecule has 5 heteroatoms. The van der Waals surface area contributed by atoms with Crippen LogP contribution in [0.1, 0.15) is 49.3 Å². The molecule has 1 aliphatic rings. The zero-order valence-electron chi connectivity index (χ0n) is 16.8. The number of aryl methyl sites for hydroxylation is 4. The molecule has 3 aromatic rings. The summed E-state index contributed by atoms with van der Waals surface area (Å²) in [7, 11) is 0. The average molecular weight is 387 g/mol. The van der Waals surface area contributed by atoms with Crippen LogP contribution >= 0.6 is 0 Å². The first kappa shape index (κ1) is 18.9. The Kier molecular flexibility index (Phi) is 4.26. The molecule has 3 aromatic carbocycles. The number of nitro benzene ring substituents is 1. The van der Waals surface area contributed by atoms with Gasteiger partial charge >= 0.3 is 5.97 Å². The van der Waals surface area contributed by atoms with E-state index in [0.717, 1.165) is 33.4 Å². The zero-order valence-corrected chi connectivity index (χ0v) is 16.8. The van der Waals surface area contributed by atoms with E-state index in [2.05, 4.69) is 0 Å². The van der Waals surface area contributed by atoms with Gasteiger partial charge in [-0.3, -0.25) is 10.1 Å². The van der Waals surface area contributed by atoms with Crippen LogP contribution in [0.25, 0.3) is 0 Å². The van der Waals surface area contributed by atoms with Crippen molar-refractivity contribution >= 4 is 11.7 Å². The number of nitro groups is 1. The Labute approximate surface area is 169 Å². The normalized spacial score (nSPS) is 14.4. The first-order chi connectivity index (χ1) is 13.7. The van der Waals surface area contributed by atoms with Gasteiger partial charge in [-0.05, 0) is 56.0 Å². The number of non-ortho nitro benzene ring substituents is 1. The van der Waals surface area contributed by atoms with Gasteiger partial charge in [0.15, 0.2) is 5.60 Å². The molecular formula is C24H21NO4. The van der Waals surface area contributed by atoms with Crippen molar-refractivity contribution in [2.75, 3.05) is 0 Å². The van der Waals surface area contributed by atoms with Crippen molar-refractivity contribution in [1.29, 1.82) is 0 Å². The van der Waals surface area contributed by atoms with Gasteiger partial charge in [-0.2, -0.15) is 0 Å². The highest BCUT2D eigenvalue weighted by Gasteiger charge is 2.49. The predicted octanol–water partition coefficient (Wildman–Crippen LogP) is 5.29. The molecule has 0 atom stereocenters. The largest absolute Gasteiger partial charge is 0.441 e. The van der Waals surface area contributed by atoms with Gasteiger partial charge in [-0.1, -0.05) is 36.4 Å². The molecule has 0 unspecified atom stereocenters. The van der Waals surface area contributed by atoms with Crippen LogP contribution in [-0.2, 0) is 10.3 Å². The number of ether oxygens (including phenoxy) is 1. The number of esters is 1. The van der Waals surface area contributed by atoms with Crippen LogP contribution in [0.2, 0.25) is 0 Å². The number of carbonyl (C=O) groups excluding carboxylic acids is 1. The first-order valence-electron chi connectivity index (χ1n) is 9.42. The quantitative estimate of drug-likeness (QED) is 0.348. The van der Waals surface area contributed by atoms with E-state index in [-0.39, 0.29) is 11.3 Å². The molecule has 0 amide bonds. The van der Waals surface area contributed by atoms with Crippen LogP contribution in [0.3, 0.4) is 0 Å². The smallest absolute Gasteiger partial charge is 0.340 e. The van der Waals surface area contributed by atoms with Gasteiger partial charge in [0.1, 0.15) is 0 Å². The van der Waals surface area contributed by atoms with Gasteiger partial charge in [0.25, 0.3) is 5.69 Å². The Morgan fingerprint density at radius 1 is 0.793 bits per heavy atom. The summed E-state index contributed by atoms with van der Waals surface area (Å²) in [5.74, 6) is -0.555. The third-order valence-electron chi connectivity index (χ3n) is 5.89. The van der Waals surface area contributed by atoms with Crippen molar-refractivity contribution in [1.82, 2.24) is 0 Å². The topological polar surface area (TPSA) is 69.4 Å². The van der Waals surface area contributed by atoms with E-state index in [1.54, 1.807) is 6.07 Å². The minimum absolute atomic E-state index is 0.128. The average Bonchev–Trinajstić information content (AvgIpc) is 2.99. The summed E-state index contributed by atoms with van der Waals surface area (Å²) >= 11 is 0. The molecule has 0 N–H and O–H groups in total. The van der Waals surface area contributed by atoms with Crippen LogP contribution < -0.4 is 0 Å². The number of hydrogen-bond donors (Lipinski definition) is 0. The Balaban J connectivity index is 2.06. The number of fused-ring (bicyclic) bond motifs is 1. The molecule has 0 bridgehead atoms. The second kappa shape index (κ2) is 6.55. The van der Waals surface area contributed by atoms with Crippen LogP contribution in [0.5, 0.6) is 0 Å². The molecule has 0 saturated carbocycles. The maximum absolute atomic E-state index is 12.9. The molecule has 0 saturated heterocycles. The fourth-order valence-corrected chi connectivity index (χ4v) is 3.89. The fourth-order valence-electron chi connectivity index (χ4n) is 3.89. The Hall–Kier alpha value is -3.47. The summed E-state index contributed by atoms with van der Waals surface area (Å²) in [5.41, 5.74) is 5.67. The van der Waals surface area contributed by atoms with Gasteiger partial charge in [-0.25, -0.2) is 4.79 Å². The van der Waals surface area contributed by atoms with Crippen LogP contribution in [0.4, 0.5) is 5.69 Å². The van der Waals surface area contributed by atoms with Crippen LogP contribution in [0, 0.1) is 37.8 Å².